The van der Waals surface area contributed by atoms with E-state index in [0.717, 1.165) is 78.5 Å². The van der Waals surface area contributed by atoms with Gasteiger partial charge in [0.15, 0.2) is 35.7 Å². The van der Waals surface area contributed by atoms with Gasteiger partial charge in [-0.2, -0.15) is 0 Å². The summed E-state index contributed by atoms with van der Waals surface area (Å²) in [6.45, 7) is 1.69. The molecule has 0 spiro atoms. The summed E-state index contributed by atoms with van der Waals surface area (Å²) in [6, 6.07) is 32.2. The highest BCUT2D eigenvalue weighted by Crippen LogP contribution is 2.47. The monoisotopic (exact) mass is 1000 g/mol. The van der Waals surface area contributed by atoms with E-state index in [1.807, 2.05) is 103 Å². The molecule has 2 saturated carbocycles. The molecule has 74 heavy (non-hydrogen) atoms. The number of carboxylic acid groups (broad SMARTS) is 2. The third-order valence-corrected chi connectivity index (χ3v) is 15.3. The molecule has 6 aromatic carbocycles. The number of likely N-dealkylation sites (N-methyl/N-ethyl adjacent to an activating group) is 1. The van der Waals surface area contributed by atoms with Gasteiger partial charge < -0.3 is 48.9 Å². The van der Waals surface area contributed by atoms with Crippen LogP contribution in [0.3, 0.4) is 0 Å². The summed E-state index contributed by atoms with van der Waals surface area (Å²) < 4.78 is 36.8. The number of carboxylic acids is 2. The van der Waals surface area contributed by atoms with Gasteiger partial charge in [-0.15, -0.1) is 0 Å². The van der Waals surface area contributed by atoms with Crippen LogP contribution in [0.1, 0.15) is 143 Å². The average Bonchev–Trinajstić information content (AvgIpc) is 3.85. The van der Waals surface area contributed by atoms with Crippen LogP contribution in [0.25, 0.3) is 21.5 Å². The van der Waals surface area contributed by atoms with E-state index in [-0.39, 0.29) is 50.1 Å². The molecular formula is C60H64N2O12. The Balaban J connectivity index is 0.930. The van der Waals surface area contributed by atoms with Crippen LogP contribution in [0.15, 0.2) is 103 Å². The molecule has 0 bridgehead atoms. The van der Waals surface area contributed by atoms with Crippen molar-refractivity contribution >= 4 is 45.3 Å². The number of amides is 2. The summed E-state index contributed by atoms with van der Waals surface area (Å²) in [6.07, 6.45) is 11.0. The van der Waals surface area contributed by atoms with Gasteiger partial charge in [0.1, 0.15) is 11.5 Å². The molecule has 4 aliphatic rings. The van der Waals surface area contributed by atoms with Crippen LogP contribution in [-0.4, -0.2) is 77.5 Å². The minimum Gasteiger partial charge on any atom is -0.484 e. The van der Waals surface area contributed by atoms with Crippen molar-refractivity contribution in [1.82, 2.24) is 10.2 Å². The SMILES string of the molecule is CC(Oc1ccc2ccc(C(CC(=O)O)c3ccc4c(c3)OC(c3cc(C(CC(=O)O)c5ccc6c(c5)OCO6)cc5cc(OCC(=O)N(C)C6CCCCCC6)ccc35)O4)cc2c1)C(=O)NC1CCCCCC1. The molecule has 2 fully saturated rings. The van der Waals surface area contributed by atoms with Gasteiger partial charge >= 0.3 is 11.9 Å². The van der Waals surface area contributed by atoms with E-state index in [1.165, 1.54) is 25.7 Å². The summed E-state index contributed by atoms with van der Waals surface area (Å²) >= 11 is 0. The normalized spacial score (nSPS) is 17.9. The zero-order chi connectivity index (χ0) is 51.3. The highest BCUT2D eigenvalue weighted by molar-refractivity contribution is 5.89. The number of hydrogen-bond acceptors (Lipinski definition) is 10. The number of rotatable bonds is 17. The molecule has 10 rings (SSSR count). The number of nitrogens with one attached hydrogen (secondary N) is 1. The molecule has 0 radical (unpaired) electrons. The van der Waals surface area contributed by atoms with E-state index in [9.17, 15) is 29.4 Å². The van der Waals surface area contributed by atoms with Crippen LogP contribution < -0.4 is 33.7 Å². The van der Waals surface area contributed by atoms with Gasteiger partial charge in [-0.05, 0) is 131 Å². The Morgan fingerprint density at radius 2 is 1.19 bits per heavy atom. The lowest BCUT2D eigenvalue weighted by Crippen LogP contribution is -2.42. The number of carbonyl (C=O) groups is 4. The van der Waals surface area contributed by atoms with Crippen molar-refractivity contribution in [2.45, 2.75) is 133 Å². The second kappa shape index (κ2) is 22.3. The summed E-state index contributed by atoms with van der Waals surface area (Å²) in [5.74, 6) is -0.401. The predicted molar refractivity (Wildman–Crippen MR) is 279 cm³/mol. The largest absolute Gasteiger partial charge is 0.484 e. The van der Waals surface area contributed by atoms with Crippen LogP contribution in [0.4, 0.5) is 0 Å². The molecule has 386 valence electrons. The summed E-state index contributed by atoms with van der Waals surface area (Å²) in [5.41, 5.74) is 3.50. The van der Waals surface area contributed by atoms with Crippen LogP contribution >= 0.6 is 0 Å². The molecule has 4 unspecified atom stereocenters. The van der Waals surface area contributed by atoms with Crippen LogP contribution in [-0.2, 0) is 19.2 Å². The van der Waals surface area contributed by atoms with Crippen molar-refractivity contribution in [2.24, 2.45) is 0 Å². The molecular weight excluding hydrogens is 941 g/mol. The molecule has 0 saturated heterocycles. The molecule has 2 heterocycles. The molecule has 4 atom stereocenters. The Kier molecular flexibility index (Phi) is 15.1. The smallest absolute Gasteiger partial charge is 0.304 e. The molecule has 2 aliphatic heterocycles. The Hall–Kier alpha value is -7.48. The van der Waals surface area contributed by atoms with Gasteiger partial charge in [-0.1, -0.05) is 99.9 Å². The number of ether oxygens (including phenoxy) is 6. The van der Waals surface area contributed by atoms with Crippen molar-refractivity contribution < 1.29 is 57.8 Å². The molecule has 2 amide bonds. The molecule has 2 aliphatic carbocycles. The Morgan fingerprint density at radius 3 is 1.92 bits per heavy atom. The van der Waals surface area contributed by atoms with Gasteiger partial charge in [0.2, 0.25) is 6.79 Å². The lowest BCUT2D eigenvalue weighted by molar-refractivity contribution is -0.138. The van der Waals surface area contributed by atoms with Gasteiger partial charge in [-0.25, -0.2) is 0 Å². The van der Waals surface area contributed by atoms with Crippen molar-refractivity contribution in [3.8, 4) is 34.5 Å². The van der Waals surface area contributed by atoms with Gasteiger partial charge in [0.05, 0.1) is 12.8 Å². The molecule has 14 heteroatoms. The maximum atomic E-state index is 13.4. The number of aliphatic carboxylic acids is 2. The van der Waals surface area contributed by atoms with E-state index in [2.05, 4.69) is 5.32 Å². The second-order valence-electron chi connectivity index (χ2n) is 20.3. The fourth-order valence-corrected chi connectivity index (χ4v) is 11.2. The molecule has 3 N–H and O–H groups in total. The molecule has 6 aromatic rings. The Morgan fingerprint density at radius 1 is 0.608 bits per heavy atom. The Labute approximate surface area is 430 Å². The molecule has 0 aromatic heterocycles. The highest BCUT2D eigenvalue weighted by Gasteiger charge is 2.32. The van der Waals surface area contributed by atoms with E-state index >= 15 is 0 Å². The number of fused-ring (bicyclic) bond motifs is 4. The van der Waals surface area contributed by atoms with Crippen LogP contribution in [0.2, 0.25) is 0 Å². The van der Waals surface area contributed by atoms with Gasteiger partial charge in [0, 0.05) is 36.5 Å². The topological polar surface area (TPSA) is 179 Å². The summed E-state index contributed by atoms with van der Waals surface area (Å²) in [5, 5.41) is 27.0. The summed E-state index contributed by atoms with van der Waals surface area (Å²) in [4.78, 5) is 53.5. The van der Waals surface area contributed by atoms with E-state index in [4.69, 9.17) is 28.4 Å². The zero-order valence-electron chi connectivity index (χ0n) is 42.0. The third kappa shape index (κ3) is 11.5. The number of nitrogens with zero attached hydrogens (tertiary/aromatic N) is 1. The van der Waals surface area contributed by atoms with Crippen LogP contribution in [0, 0.1) is 0 Å². The predicted octanol–water partition coefficient (Wildman–Crippen LogP) is 11.6. The van der Waals surface area contributed by atoms with Crippen molar-refractivity contribution in [1.29, 1.82) is 0 Å². The minimum absolute atomic E-state index is 0.0699. The standard InChI is InChI=1S/C60H64N2O12/c1-36(59(68)61-44-11-7-3-4-8-12-44)72-47-20-17-37-15-16-38(25-41(37)27-47)49(32-57(64)65)40-19-24-53-55(31-40)74-60(73-53)51-29-43(50(33-58(66)67)39-18-23-52-54(30-39)71-35-70-52)26-42-28-46(21-22-48(42)51)69-34-56(63)62(2)45-13-9-5-6-10-14-45/h15-31,36,44-45,49-50,60H,3-14,32-35H2,1-2H3,(H,61,68)(H,64,65)(H,66,67). The third-order valence-electron chi connectivity index (χ3n) is 15.3. The first-order chi connectivity index (χ1) is 35.9. The highest BCUT2D eigenvalue weighted by atomic mass is 16.7. The average molecular weight is 1010 g/mol. The first-order valence-corrected chi connectivity index (χ1v) is 26.2. The van der Waals surface area contributed by atoms with Crippen molar-refractivity contribution in [3.05, 3.63) is 131 Å². The lowest BCUT2D eigenvalue weighted by atomic mass is 9.85. The first-order valence-electron chi connectivity index (χ1n) is 26.2. The second-order valence-corrected chi connectivity index (χ2v) is 20.3. The van der Waals surface area contributed by atoms with Crippen molar-refractivity contribution in [3.63, 3.8) is 0 Å². The maximum absolute atomic E-state index is 13.4. The first kappa shape index (κ1) is 50.1. The lowest BCUT2D eigenvalue weighted by Gasteiger charge is -2.27. The van der Waals surface area contributed by atoms with Gasteiger partial charge in [-0.3, -0.25) is 19.2 Å². The van der Waals surface area contributed by atoms with Gasteiger partial charge in [0.25, 0.3) is 18.1 Å². The van der Waals surface area contributed by atoms with E-state index < -0.39 is 36.2 Å². The van der Waals surface area contributed by atoms with E-state index in [1.54, 1.807) is 19.1 Å². The minimum atomic E-state index is -0.994. The number of carbonyl (C=O) groups excluding carboxylic acids is 2. The Bertz CT molecular complexity index is 3050. The fraction of sp³-hybridized carbons (Fsp3) is 0.400. The zero-order valence-corrected chi connectivity index (χ0v) is 42.0. The molecule has 14 nitrogen and oxygen atoms in total. The number of benzene rings is 6. The maximum Gasteiger partial charge on any atom is 0.304 e. The van der Waals surface area contributed by atoms with Crippen LogP contribution in [0.5, 0.6) is 34.5 Å². The fourth-order valence-electron chi connectivity index (χ4n) is 11.2. The number of hydrogen-bond donors (Lipinski definition) is 3. The van der Waals surface area contributed by atoms with E-state index in [0.29, 0.717) is 56.8 Å². The van der Waals surface area contributed by atoms with Crippen molar-refractivity contribution in [2.75, 3.05) is 20.4 Å². The quantitative estimate of drug-likeness (QED) is 0.0737. The summed E-state index contributed by atoms with van der Waals surface area (Å²) in [7, 11) is 1.85.